The molecule has 0 fully saturated rings. The lowest BCUT2D eigenvalue weighted by molar-refractivity contribution is 0.0598. The van der Waals surface area contributed by atoms with E-state index < -0.39 is 16.2 Å². The SMILES string of the molecule is COC(=O)c1cc(OCc2ccccc2)cc(O[C@@H](C)C(O)I)c1. The Bertz CT molecular complexity index is 672. The Morgan fingerprint density at radius 1 is 1.17 bits per heavy atom. The Morgan fingerprint density at radius 3 is 2.46 bits per heavy atom. The van der Waals surface area contributed by atoms with E-state index in [4.69, 9.17) is 14.2 Å². The molecule has 24 heavy (non-hydrogen) atoms. The molecule has 1 unspecified atom stereocenters. The van der Waals surface area contributed by atoms with Gasteiger partial charge in [-0.3, -0.25) is 0 Å². The van der Waals surface area contributed by atoms with Crippen molar-refractivity contribution in [3.05, 3.63) is 59.7 Å². The quantitative estimate of drug-likeness (QED) is 0.404. The highest BCUT2D eigenvalue weighted by Gasteiger charge is 2.15. The number of rotatable bonds is 7. The average molecular weight is 442 g/mol. The first-order valence-corrected chi connectivity index (χ1v) is 8.63. The van der Waals surface area contributed by atoms with Crippen molar-refractivity contribution in [3.8, 4) is 11.5 Å². The number of hydrogen-bond acceptors (Lipinski definition) is 5. The minimum atomic E-state index is -0.668. The maximum atomic E-state index is 11.8. The van der Waals surface area contributed by atoms with Gasteiger partial charge in [0.05, 0.1) is 12.7 Å². The highest BCUT2D eigenvalue weighted by molar-refractivity contribution is 14.1. The molecule has 0 bridgehead atoms. The van der Waals surface area contributed by atoms with Crippen LogP contribution >= 0.6 is 22.6 Å². The summed E-state index contributed by atoms with van der Waals surface area (Å²) in [5, 5.41) is 9.57. The first-order chi connectivity index (χ1) is 11.5. The zero-order chi connectivity index (χ0) is 17.5. The van der Waals surface area contributed by atoms with Crippen molar-refractivity contribution >= 4 is 28.6 Å². The molecule has 0 amide bonds. The van der Waals surface area contributed by atoms with Crippen molar-refractivity contribution in [1.82, 2.24) is 0 Å². The number of carbonyl (C=O) groups is 1. The summed E-state index contributed by atoms with van der Waals surface area (Å²) in [4.78, 5) is 11.8. The third-order valence-corrected chi connectivity index (χ3v) is 4.27. The summed E-state index contributed by atoms with van der Waals surface area (Å²) >= 11 is 1.87. The molecule has 0 heterocycles. The highest BCUT2D eigenvalue weighted by Crippen LogP contribution is 2.26. The van der Waals surface area contributed by atoms with E-state index in [0.29, 0.717) is 23.7 Å². The van der Waals surface area contributed by atoms with Crippen molar-refractivity contribution < 1.29 is 24.1 Å². The second kappa shape index (κ2) is 8.89. The Morgan fingerprint density at radius 2 is 1.83 bits per heavy atom. The molecule has 1 N–H and O–H groups in total. The van der Waals surface area contributed by atoms with Crippen LogP contribution in [0, 0.1) is 0 Å². The summed E-state index contributed by atoms with van der Waals surface area (Å²) in [5.41, 5.74) is 1.34. The molecule has 0 aromatic heterocycles. The number of halogens is 1. The van der Waals surface area contributed by atoms with Crippen molar-refractivity contribution in [2.45, 2.75) is 23.7 Å². The number of carbonyl (C=O) groups excluding carboxylic acids is 1. The number of hydrogen-bond donors (Lipinski definition) is 1. The molecule has 0 aliphatic heterocycles. The minimum absolute atomic E-state index is 0.327. The molecule has 0 spiro atoms. The number of aliphatic hydroxyl groups excluding tert-OH is 1. The summed E-state index contributed by atoms with van der Waals surface area (Å²) in [6.07, 6.45) is -0.430. The van der Waals surface area contributed by atoms with E-state index in [0.717, 1.165) is 5.56 Å². The molecule has 2 aromatic carbocycles. The van der Waals surface area contributed by atoms with E-state index in [2.05, 4.69) is 0 Å². The minimum Gasteiger partial charge on any atom is -0.489 e. The van der Waals surface area contributed by atoms with Gasteiger partial charge in [0.1, 0.15) is 28.3 Å². The monoisotopic (exact) mass is 442 g/mol. The summed E-state index contributed by atoms with van der Waals surface area (Å²) in [5.74, 6) is 0.448. The maximum absolute atomic E-state index is 11.8. The third-order valence-electron chi connectivity index (χ3n) is 3.26. The van der Waals surface area contributed by atoms with Crippen LogP contribution < -0.4 is 9.47 Å². The van der Waals surface area contributed by atoms with Crippen molar-refractivity contribution in [3.63, 3.8) is 0 Å². The van der Waals surface area contributed by atoms with Crippen molar-refractivity contribution in [2.24, 2.45) is 0 Å². The second-order valence-corrected chi connectivity index (χ2v) is 6.43. The van der Waals surface area contributed by atoms with Crippen LogP contribution in [-0.4, -0.2) is 28.4 Å². The smallest absolute Gasteiger partial charge is 0.338 e. The van der Waals surface area contributed by atoms with Crippen LogP contribution in [0.1, 0.15) is 22.8 Å². The molecule has 2 rings (SSSR count). The van der Waals surface area contributed by atoms with Gasteiger partial charge in [-0.15, -0.1) is 0 Å². The maximum Gasteiger partial charge on any atom is 0.338 e. The molecule has 2 aromatic rings. The van der Waals surface area contributed by atoms with Gasteiger partial charge in [0.2, 0.25) is 0 Å². The summed E-state index contributed by atoms with van der Waals surface area (Å²) in [6.45, 7) is 2.11. The van der Waals surface area contributed by atoms with Gasteiger partial charge in [0.15, 0.2) is 0 Å². The van der Waals surface area contributed by atoms with Crippen LogP contribution in [0.2, 0.25) is 0 Å². The van der Waals surface area contributed by atoms with E-state index in [1.807, 2.05) is 52.9 Å². The largest absolute Gasteiger partial charge is 0.489 e. The van der Waals surface area contributed by atoms with Crippen LogP contribution in [0.25, 0.3) is 0 Å². The molecule has 128 valence electrons. The summed E-state index contributed by atoms with van der Waals surface area (Å²) < 4.78 is 15.5. The number of methoxy groups -OCH3 is 1. The van der Waals surface area contributed by atoms with Gasteiger partial charge in [-0.05, 0) is 47.2 Å². The van der Waals surface area contributed by atoms with Crippen molar-refractivity contribution in [1.29, 1.82) is 0 Å². The van der Waals surface area contributed by atoms with Crippen LogP contribution in [0.4, 0.5) is 0 Å². The third kappa shape index (κ3) is 5.38. The number of ether oxygens (including phenoxy) is 3. The zero-order valence-electron chi connectivity index (χ0n) is 13.4. The van der Waals surface area contributed by atoms with Crippen molar-refractivity contribution in [2.75, 3.05) is 7.11 Å². The van der Waals surface area contributed by atoms with E-state index in [9.17, 15) is 9.90 Å². The van der Waals surface area contributed by atoms with E-state index in [-0.39, 0.29) is 0 Å². The predicted octanol–water partition coefficient (Wildman–Crippen LogP) is 3.57. The highest BCUT2D eigenvalue weighted by atomic mass is 127. The van der Waals surface area contributed by atoms with Gasteiger partial charge >= 0.3 is 5.97 Å². The molecule has 0 aliphatic carbocycles. The van der Waals surface area contributed by atoms with Gasteiger partial charge in [-0.2, -0.15) is 0 Å². The molecular weight excluding hydrogens is 423 g/mol. The predicted molar refractivity (Wildman–Crippen MR) is 98.7 cm³/mol. The second-order valence-electron chi connectivity index (χ2n) is 5.15. The fraction of sp³-hybridized carbons (Fsp3) is 0.278. The molecule has 0 aliphatic rings. The van der Waals surface area contributed by atoms with Crippen LogP contribution in [0.15, 0.2) is 48.5 Å². The van der Waals surface area contributed by atoms with E-state index in [1.165, 1.54) is 7.11 Å². The first-order valence-electron chi connectivity index (χ1n) is 7.38. The van der Waals surface area contributed by atoms with E-state index >= 15 is 0 Å². The number of aliphatic hydroxyl groups is 1. The topological polar surface area (TPSA) is 65.0 Å². The van der Waals surface area contributed by atoms with Gasteiger partial charge in [-0.1, -0.05) is 30.3 Å². The Labute approximate surface area is 154 Å². The fourth-order valence-corrected chi connectivity index (χ4v) is 2.12. The average Bonchev–Trinajstić information content (AvgIpc) is 2.59. The number of esters is 1. The zero-order valence-corrected chi connectivity index (χ0v) is 15.6. The number of benzene rings is 2. The Balaban J connectivity index is 2.20. The van der Waals surface area contributed by atoms with Gasteiger partial charge in [-0.25, -0.2) is 4.79 Å². The van der Waals surface area contributed by atoms with Gasteiger partial charge < -0.3 is 19.3 Å². The molecular formula is C18H19IO5. The molecule has 0 radical (unpaired) electrons. The lowest BCUT2D eigenvalue weighted by Crippen LogP contribution is -2.23. The Kier molecular flexibility index (Phi) is 6.86. The molecule has 0 saturated heterocycles. The van der Waals surface area contributed by atoms with Gasteiger partial charge in [0, 0.05) is 6.07 Å². The fourth-order valence-electron chi connectivity index (χ4n) is 1.97. The molecule has 0 saturated carbocycles. The molecule has 5 nitrogen and oxygen atoms in total. The van der Waals surface area contributed by atoms with Gasteiger partial charge in [0.25, 0.3) is 0 Å². The molecule has 2 atom stereocenters. The van der Waals surface area contributed by atoms with Crippen LogP contribution in [0.5, 0.6) is 11.5 Å². The first kappa shape index (κ1) is 18.5. The summed E-state index contributed by atoms with van der Waals surface area (Å²) in [6, 6.07) is 14.6. The number of alkyl halides is 1. The lowest BCUT2D eigenvalue weighted by Gasteiger charge is -2.17. The van der Waals surface area contributed by atoms with E-state index in [1.54, 1.807) is 25.1 Å². The lowest BCUT2D eigenvalue weighted by atomic mass is 10.2. The van der Waals surface area contributed by atoms with Crippen LogP contribution in [-0.2, 0) is 11.3 Å². The van der Waals surface area contributed by atoms with Crippen LogP contribution in [0.3, 0.4) is 0 Å². The Hall–Kier alpha value is -1.80. The summed E-state index contributed by atoms with van der Waals surface area (Å²) in [7, 11) is 1.32. The molecule has 6 heteroatoms. The normalized spacial score (nSPS) is 13.0. The standard InChI is InChI=1S/C18H19IO5/c1-12(17(19)20)24-16-9-14(18(21)22-2)8-15(10-16)23-11-13-6-4-3-5-7-13/h3-10,12,17,20H,11H2,1-2H3/t12-,17?/m0/s1.